The first-order valence-electron chi connectivity index (χ1n) is 3.23. The van der Waals surface area contributed by atoms with Crippen LogP contribution in [0.25, 0.3) is 0 Å². The van der Waals surface area contributed by atoms with E-state index in [1.165, 1.54) is 7.11 Å². The van der Waals surface area contributed by atoms with Gasteiger partial charge in [0.25, 0.3) is 0 Å². The Morgan fingerprint density at radius 3 is 2.90 bits per heavy atom. The van der Waals surface area contributed by atoms with Crippen molar-refractivity contribution in [2.75, 3.05) is 13.7 Å². The lowest BCUT2D eigenvalue weighted by Crippen LogP contribution is -2.31. The first kappa shape index (κ1) is 7.88. The molecule has 0 amide bonds. The van der Waals surface area contributed by atoms with Crippen molar-refractivity contribution in [3.8, 4) is 0 Å². The third-order valence-corrected chi connectivity index (χ3v) is 1.99. The number of methoxy groups -OCH3 is 1. The molecule has 1 saturated heterocycles. The molecule has 0 bridgehead atoms. The summed E-state index contributed by atoms with van der Waals surface area (Å²) in [5.74, 6) is -0.184. The summed E-state index contributed by atoms with van der Waals surface area (Å²) in [6.45, 7) is 0.795. The zero-order valence-corrected chi connectivity index (χ0v) is 6.73. The molecule has 0 aliphatic carbocycles. The van der Waals surface area contributed by atoms with Gasteiger partial charge in [-0.3, -0.25) is 4.79 Å². The largest absolute Gasteiger partial charge is 0.468 e. The molecule has 0 radical (unpaired) electrons. The van der Waals surface area contributed by atoms with Crippen molar-refractivity contribution in [2.24, 2.45) is 0 Å². The quantitative estimate of drug-likeness (QED) is 0.414. The van der Waals surface area contributed by atoms with Crippen LogP contribution in [0.1, 0.15) is 6.42 Å². The fourth-order valence-electron chi connectivity index (χ4n) is 1.04. The fourth-order valence-corrected chi connectivity index (χ4v) is 1.36. The van der Waals surface area contributed by atoms with Gasteiger partial charge in [0.1, 0.15) is 6.04 Å². The summed E-state index contributed by atoms with van der Waals surface area (Å²) in [6, 6.07) is -0.132. The van der Waals surface area contributed by atoms with E-state index in [4.69, 9.17) is 0 Å². The molecule has 0 saturated carbocycles. The minimum absolute atomic E-state index is 0.132. The molecule has 3 nitrogen and oxygen atoms in total. The minimum atomic E-state index is -0.184. The molecule has 0 aromatic heterocycles. The average molecular weight is 161 g/mol. The van der Waals surface area contributed by atoms with Gasteiger partial charge in [-0.2, -0.15) is 12.6 Å². The van der Waals surface area contributed by atoms with Crippen molar-refractivity contribution in [3.63, 3.8) is 0 Å². The number of hydrogen-bond donors (Lipinski definition) is 2. The van der Waals surface area contributed by atoms with Crippen LogP contribution >= 0.6 is 12.6 Å². The Hall–Kier alpha value is -0.220. The van der Waals surface area contributed by atoms with Crippen LogP contribution in [0.5, 0.6) is 0 Å². The van der Waals surface area contributed by atoms with Crippen LogP contribution in [0.15, 0.2) is 0 Å². The van der Waals surface area contributed by atoms with Crippen molar-refractivity contribution in [2.45, 2.75) is 17.7 Å². The van der Waals surface area contributed by atoms with E-state index in [0.29, 0.717) is 5.25 Å². The van der Waals surface area contributed by atoms with E-state index in [0.717, 1.165) is 13.0 Å². The molecule has 1 aliphatic heterocycles. The number of carbonyl (C=O) groups excluding carboxylic acids is 1. The molecule has 2 atom stereocenters. The second kappa shape index (κ2) is 3.25. The molecule has 10 heavy (non-hydrogen) atoms. The van der Waals surface area contributed by atoms with Crippen molar-refractivity contribution < 1.29 is 9.53 Å². The third kappa shape index (κ3) is 1.64. The standard InChI is InChI=1S/C6H11NO2S/c1-9-6(8)5-2-4(10)3-7-5/h4-5,7,10H,2-3H2,1H3/t4-,5+/m1/s1. The third-order valence-electron chi connectivity index (χ3n) is 1.59. The lowest BCUT2D eigenvalue weighted by Gasteiger charge is -2.05. The molecule has 1 aliphatic rings. The second-order valence-corrected chi connectivity index (χ2v) is 3.10. The van der Waals surface area contributed by atoms with Crippen LogP contribution < -0.4 is 5.32 Å². The summed E-state index contributed by atoms with van der Waals surface area (Å²) in [7, 11) is 1.40. The molecule has 1 rings (SSSR count). The van der Waals surface area contributed by atoms with E-state index in [1.807, 2.05) is 0 Å². The highest BCUT2D eigenvalue weighted by Crippen LogP contribution is 2.12. The van der Waals surface area contributed by atoms with Gasteiger partial charge in [0.15, 0.2) is 0 Å². The lowest BCUT2D eigenvalue weighted by molar-refractivity contribution is -0.142. The maximum absolute atomic E-state index is 10.8. The first-order valence-corrected chi connectivity index (χ1v) is 3.75. The predicted molar refractivity (Wildman–Crippen MR) is 41.2 cm³/mol. The normalized spacial score (nSPS) is 32.2. The van der Waals surface area contributed by atoms with Crippen LogP contribution in [-0.2, 0) is 9.53 Å². The second-order valence-electron chi connectivity index (χ2n) is 2.37. The molecule has 58 valence electrons. The number of rotatable bonds is 1. The molecule has 1 N–H and O–H groups in total. The molecule has 1 heterocycles. The Morgan fingerprint density at radius 1 is 1.80 bits per heavy atom. The summed E-state index contributed by atoms with van der Waals surface area (Å²) >= 11 is 4.21. The number of nitrogens with one attached hydrogen (secondary N) is 1. The van der Waals surface area contributed by atoms with E-state index in [2.05, 4.69) is 22.7 Å². The van der Waals surface area contributed by atoms with E-state index in [9.17, 15) is 4.79 Å². The highest BCUT2D eigenvalue weighted by atomic mass is 32.1. The molecule has 0 unspecified atom stereocenters. The van der Waals surface area contributed by atoms with Crippen molar-refractivity contribution in [1.82, 2.24) is 5.32 Å². The van der Waals surface area contributed by atoms with Gasteiger partial charge in [-0.15, -0.1) is 0 Å². The summed E-state index contributed by atoms with van der Waals surface area (Å²) < 4.78 is 4.55. The van der Waals surface area contributed by atoms with Gasteiger partial charge in [-0.25, -0.2) is 0 Å². The van der Waals surface area contributed by atoms with E-state index >= 15 is 0 Å². The topological polar surface area (TPSA) is 38.3 Å². The maximum Gasteiger partial charge on any atom is 0.322 e. The number of esters is 1. The summed E-state index contributed by atoms with van der Waals surface area (Å²) in [5.41, 5.74) is 0. The Kier molecular flexibility index (Phi) is 2.56. The Balaban J connectivity index is 2.37. The number of thiol groups is 1. The van der Waals surface area contributed by atoms with Crippen molar-refractivity contribution >= 4 is 18.6 Å². The van der Waals surface area contributed by atoms with Gasteiger partial charge in [0.05, 0.1) is 7.11 Å². The number of hydrogen-bond acceptors (Lipinski definition) is 4. The van der Waals surface area contributed by atoms with Crippen LogP contribution in [-0.4, -0.2) is 30.9 Å². The van der Waals surface area contributed by atoms with Gasteiger partial charge in [0.2, 0.25) is 0 Å². The molecule has 1 fully saturated rings. The smallest absolute Gasteiger partial charge is 0.322 e. The van der Waals surface area contributed by atoms with Crippen LogP contribution in [0.2, 0.25) is 0 Å². The van der Waals surface area contributed by atoms with Gasteiger partial charge in [-0.1, -0.05) is 0 Å². The van der Waals surface area contributed by atoms with Gasteiger partial charge in [0, 0.05) is 11.8 Å². The molecule has 0 aromatic rings. The minimum Gasteiger partial charge on any atom is -0.468 e. The lowest BCUT2D eigenvalue weighted by atomic mass is 10.2. The van der Waals surface area contributed by atoms with Gasteiger partial charge >= 0.3 is 5.97 Å². The number of ether oxygens (including phenoxy) is 1. The predicted octanol–water partition coefficient (Wildman–Crippen LogP) is -0.180. The van der Waals surface area contributed by atoms with E-state index in [1.54, 1.807) is 0 Å². The van der Waals surface area contributed by atoms with Crippen LogP contribution in [0, 0.1) is 0 Å². The van der Waals surface area contributed by atoms with Crippen molar-refractivity contribution in [3.05, 3.63) is 0 Å². The molecular weight excluding hydrogens is 150 g/mol. The fraction of sp³-hybridized carbons (Fsp3) is 0.833. The Bertz CT molecular complexity index is 140. The zero-order valence-electron chi connectivity index (χ0n) is 5.83. The zero-order chi connectivity index (χ0) is 7.56. The van der Waals surface area contributed by atoms with Crippen LogP contribution in [0.3, 0.4) is 0 Å². The SMILES string of the molecule is COC(=O)[C@@H]1C[C@@H](S)CN1. The molecular formula is C6H11NO2S. The highest BCUT2D eigenvalue weighted by Gasteiger charge is 2.27. The molecule has 0 aromatic carbocycles. The summed E-state index contributed by atoms with van der Waals surface area (Å²) in [5, 5.41) is 3.30. The maximum atomic E-state index is 10.8. The van der Waals surface area contributed by atoms with Gasteiger partial charge < -0.3 is 10.1 Å². The monoisotopic (exact) mass is 161 g/mol. The van der Waals surface area contributed by atoms with Crippen molar-refractivity contribution in [1.29, 1.82) is 0 Å². The molecule has 0 spiro atoms. The highest BCUT2D eigenvalue weighted by molar-refractivity contribution is 7.81. The number of carbonyl (C=O) groups is 1. The first-order chi connectivity index (χ1) is 4.74. The summed E-state index contributed by atoms with van der Waals surface area (Å²) in [4.78, 5) is 10.8. The average Bonchev–Trinajstić information content (AvgIpc) is 2.34. The Morgan fingerprint density at radius 2 is 2.50 bits per heavy atom. The van der Waals surface area contributed by atoms with E-state index in [-0.39, 0.29) is 12.0 Å². The molecule has 4 heteroatoms. The Labute approximate surface area is 65.5 Å². The van der Waals surface area contributed by atoms with E-state index < -0.39 is 0 Å². The van der Waals surface area contributed by atoms with Crippen LogP contribution in [0.4, 0.5) is 0 Å². The van der Waals surface area contributed by atoms with Gasteiger partial charge in [-0.05, 0) is 6.42 Å². The summed E-state index contributed by atoms with van der Waals surface area (Å²) in [6.07, 6.45) is 0.774.